The van der Waals surface area contributed by atoms with Gasteiger partial charge in [0.25, 0.3) is 0 Å². The molecule has 0 unspecified atom stereocenters. The number of benzene rings is 2. The molecule has 1 aromatic heterocycles. The first-order valence-corrected chi connectivity index (χ1v) is 10.4. The molecule has 33 heavy (non-hydrogen) atoms. The average molecular weight is 453 g/mol. The zero-order valence-electron chi connectivity index (χ0n) is 19.4. The predicted octanol–water partition coefficient (Wildman–Crippen LogP) is 3.12. The Hall–Kier alpha value is -3.88. The number of aryl methyl sites for hydroxylation is 1. The summed E-state index contributed by atoms with van der Waals surface area (Å²) >= 11 is 0. The van der Waals surface area contributed by atoms with Crippen LogP contribution in [0.5, 0.6) is 28.7 Å². The Bertz CT molecular complexity index is 1210. The molecule has 4 rings (SSSR count). The third-order valence-electron chi connectivity index (χ3n) is 5.70. The number of nitrogens with zero attached hydrogens (tertiary/aromatic N) is 2. The second-order valence-electron chi connectivity index (χ2n) is 7.46. The molecule has 0 saturated carbocycles. The van der Waals surface area contributed by atoms with E-state index in [1.807, 2.05) is 30.3 Å². The quantitative estimate of drug-likeness (QED) is 0.556. The van der Waals surface area contributed by atoms with Crippen LogP contribution in [0.2, 0.25) is 0 Å². The largest absolute Gasteiger partial charge is 0.493 e. The van der Waals surface area contributed by atoms with Crippen LogP contribution in [0, 0.1) is 0 Å². The Balaban J connectivity index is 1.68. The van der Waals surface area contributed by atoms with E-state index >= 15 is 0 Å². The van der Waals surface area contributed by atoms with Crippen molar-refractivity contribution in [3.63, 3.8) is 0 Å². The van der Waals surface area contributed by atoms with Crippen molar-refractivity contribution in [2.75, 3.05) is 40.9 Å². The monoisotopic (exact) mass is 453 g/mol. The van der Waals surface area contributed by atoms with E-state index in [2.05, 4.69) is 10.3 Å². The molecule has 1 aliphatic rings. The van der Waals surface area contributed by atoms with Gasteiger partial charge in [0.15, 0.2) is 23.0 Å². The van der Waals surface area contributed by atoms with E-state index in [4.69, 9.17) is 23.7 Å². The van der Waals surface area contributed by atoms with Crippen LogP contribution in [0.1, 0.15) is 11.1 Å². The molecule has 9 heteroatoms. The fourth-order valence-electron chi connectivity index (χ4n) is 4.06. The Morgan fingerprint density at radius 3 is 2.09 bits per heavy atom. The zero-order chi connectivity index (χ0) is 23.5. The Labute approximate surface area is 191 Å². The summed E-state index contributed by atoms with van der Waals surface area (Å²) in [6.45, 7) is 0.961. The topological polar surface area (TPSA) is 93.1 Å². The molecule has 0 amide bonds. The molecule has 3 aromatic rings. The molecule has 2 heterocycles. The lowest BCUT2D eigenvalue weighted by molar-refractivity contribution is 0.324. The lowest BCUT2D eigenvalue weighted by Gasteiger charge is -2.23. The summed E-state index contributed by atoms with van der Waals surface area (Å²) in [6.07, 6.45) is 0.711. The molecule has 0 atom stereocenters. The maximum Gasteiger partial charge on any atom is 0.349 e. The van der Waals surface area contributed by atoms with Gasteiger partial charge in [0, 0.05) is 24.7 Å². The highest BCUT2D eigenvalue weighted by molar-refractivity contribution is 5.72. The van der Waals surface area contributed by atoms with Gasteiger partial charge in [0.2, 0.25) is 5.75 Å². The summed E-state index contributed by atoms with van der Waals surface area (Å²) in [7, 11) is 7.91. The van der Waals surface area contributed by atoms with Gasteiger partial charge in [-0.25, -0.2) is 4.79 Å². The predicted molar refractivity (Wildman–Crippen MR) is 124 cm³/mol. The van der Waals surface area contributed by atoms with Gasteiger partial charge in [-0.05, 0) is 41.8 Å². The second-order valence-corrected chi connectivity index (χ2v) is 7.46. The number of methoxy groups -OCH3 is 5. The van der Waals surface area contributed by atoms with Crippen LogP contribution in [0.15, 0.2) is 35.1 Å². The van der Waals surface area contributed by atoms with Crippen molar-refractivity contribution in [1.29, 1.82) is 0 Å². The van der Waals surface area contributed by atoms with Gasteiger partial charge in [-0.3, -0.25) is 4.57 Å². The number of fused-ring (bicyclic) bond motifs is 3. The number of ether oxygens (including phenoxy) is 5. The van der Waals surface area contributed by atoms with Crippen molar-refractivity contribution in [3.8, 4) is 40.0 Å². The van der Waals surface area contributed by atoms with Gasteiger partial charge in [-0.15, -0.1) is 0 Å². The number of hydrogen-bond donors (Lipinski definition) is 1. The highest BCUT2D eigenvalue weighted by Crippen LogP contribution is 2.39. The Kier molecular flexibility index (Phi) is 6.30. The minimum absolute atomic E-state index is 0.305. The first-order valence-electron chi connectivity index (χ1n) is 10.4. The third kappa shape index (κ3) is 4.13. The maximum absolute atomic E-state index is 12.8. The molecule has 1 aliphatic heterocycles. The van der Waals surface area contributed by atoms with Gasteiger partial charge in [-0.2, -0.15) is 4.98 Å². The van der Waals surface area contributed by atoms with Crippen molar-refractivity contribution >= 4 is 5.82 Å². The Morgan fingerprint density at radius 1 is 0.848 bits per heavy atom. The van der Waals surface area contributed by atoms with E-state index in [0.717, 1.165) is 22.4 Å². The molecule has 1 N–H and O–H groups in total. The first kappa shape index (κ1) is 22.3. The van der Waals surface area contributed by atoms with Crippen LogP contribution < -0.4 is 34.7 Å². The smallest absolute Gasteiger partial charge is 0.349 e. The summed E-state index contributed by atoms with van der Waals surface area (Å²) in [5, 5.41) is 3.24. The van der Waals surface area contributed by atoms with Crippen molar-refractivity contribution < 1.29 is 23.7 Å². The zero-order valence-corrected chi connectivity index (χ0v) is 19.4. The van der Waals surface area contributed by atoms with E-state index in [9.17, 15) is 4.79 Å². The number of anilines is 1. The Morgan fingerprint density at radius 2 is 1.48 bits per heavy atom. The van der Waals surface area contributed by atoms with Crippen LogP contribution in [-0.2, 0) is 19.5 Å². The molecule has 0 fully saturated rings. The van der Waals surface area contributed by atoms with Gasteiger partial charge >= 0.3 is 5.69 Å². The maximum atomic E-state index is 12.8. The van der Waals surface area contributed by atoms with E-state index < -0.39 is 0 Å². The summed E-state index contributed by atoms with van der Waals surface area (Å²) in [4.78, 5) is 17.0. The lowest BCUT2D eigenvalue weighted by atomic mass is 9.97. The fourth-order valence-corrected chi connectivity index (χ4v) is 4.06. The molecule has 0 radical (unpaired) electrons. The minimum atomic E-state index is -0.305. The SMILES string of the molecule is COc1cc2c(cc1OC)-c1cc(NCc3cc(OC)c(OC)c(OC)c3)nc(=O)n1CC2. The molecular weight excluding hydrogens is 426 g/mol. The van der Waals surface area contributed by atoms with E-state index in [-0.39, 0.29) is 5.69 Å². The van der Waals surface area contributed by atoms with Crippen molar-refractivity contribution in [2.24, 2.45) is 0 Å². The normalized spacial score (nSPS) is 11.8. The molecule has 9 nitrogen and oxygen atoms in total. The second kappa shape index (κ2) is 9.32. The number of aromatic nitrogens is 2. The molecule has 0 aliphatic carbocycles. The van der Waals surface area contributed by atoms with Crippen molar-refractivity contribution in [1.82, 2.24) is 9.55 Å². The molecule has 0 saturated heterocycles. The summed E-state index contributed by atoms with van der Waals surface area (Å²) in [5.41, 5.74) is 3.38. The number of hydrogen-bond acceptors (Lipinski definition) is 8. The fraction of sp³-hybridized carbons (Fsp3) is 0.333. The number of rotatable bonds is 8. The summed E-state index contributed by atoms with van der Waals surface area (Å²) in [5.74, 6) is 3.39. The van der Waals surface area contributed by atoms with Gasteiger partial charge in [-0.1, -0.05) is 0 Å². The van der Waals surface area contributed by atoms with E-state index in [1.165, 1.54) is 0 Å². The van der Waals surface area contributed by atoms with Crippen LogP contribution in [-0.4, -0.2) is 45.1 Å². The highest BCUT2D eigenvalue weighted by atomic mass is 16.5. The van der Waals surface area contributed by atoms with Crippen LogP contribution in [0.25, 0.3) is 11.3 Å². The third-order valence-corrected chi connectivity index (χ3v) is 5.70. The van der Waals surface area contributed by atoms with Crippen LogP contribution >= 0.6 is 0 Å². The van der Waals surface area contributed by atoms with Crippen molar-refractivity contribution in [3.05, 3.63) is 51.9 Å². The van der Waals surface area contributed by atoms with Crippen LogP contribution in [0.3, 0.4) is 0 Å². The van der Waals surface area contributed by atoms with Crippen molar-refractivity contribution in [2.45, 2.75) is 19.5 Å². The van der Waals surface area contributed by atoms with Crippen LogP contribution in [0.4, 0.5) is 5.82 Å². The van der Waals surface area contributed by atoms with Gasteiger partial charge in [0.05, 0.1) is 41.2 Å². The number of nitrogens with one attached hydrogen (secondary N) is 1. The van der Waals surface area contributed by atoms with E-state index in [0.29, 0.717) is 54.1 Å². The summed E-state index contributed by atoms with van der Waals surface area (Å²) in [6, 6.07) is 9.45. The standard InChI is InChI=1S/C24H27N3O6/c1-29-18-10-15-6-7-27-17(16(15)11-19(18)30-2)12-22(26-24(27)28)25-13-14-8-20(31-3)23(33-5)21(9-14)32-4/h8-12H,6-7,13H2,1-5H3,(H,25,26,28). The minimum Gasteiger partial charge on any atom is -0.493 e. The van der Waals surface area contributed by atoms with Gasteiger partial charge < -0.3 is 29.0 Å². The average Bonchev–Trinajstić information content (AvgIpc) is 2.85. The molecule has 0 spiro atoms. The first-order chi connectivity index (χ1) is 16.0. The molecular formula is C24H27N3O6. The van der Waals surface area contributed by atoms with E-state index in [1.54, 1.807) is 40.1 Å². The highest BCUT2D eigenvalue weighted by Gasteiger charge is 2.22. The lowest BCUT2D eigenvalue weighted by Crippen LogP contribution is -2.29. The summed E-state index contributed by atoms with van der Waals surface area (Å²) < 4.78 is 28.8. The van der Waals surface area contributed by atoms with Gasteiger partial charge in [0.1, 0.15) is 5.82 Å². The molecule has 0 bridgehead atoms. The molecule has 174 valence electrons. The molecule has 2 aromatic carbocycles.